The Labute approximate surface area is 125 Å². The van der Waals surface area contributed by atoms with Crippen molar-refractivity contribution in [2.24, 2.45) is 5.73 Å². The van der Waals surface area contributed by atoms with Crippen molar-refractivity contribution in [3.05, 3.63) is 33.3 Å². The molecule has 3 nitrogen and oxygen atoms in total. The van der Waals surface area contributed by atoms with Gasteiger partial charge in [0.1, 0.15) is 0 Å². The first-order valence-corrected chi connectivity index (χ1v) is 7.06. The van der Waals surface area contributed by atoms with Gasteiger partial charge in [-0.3, -0.25) is 4.79 Å². The molecular formula is C12H14BrClN2OS. The summed E-state index contributed by atoms with van der Waals surface area (Å²) in [6.07, 6.45) is 0.833. The maximum atomic E-state index is 12.3. The van der Waals surface area contributed by atoms with Gasteiger partial charge in [-0.2, -0.15) is 0 Å². The Morgan fingerprint density at radius 2 is 2.22 bits per heavy atom. The van der Waals surface area contributed by atoms with Crippen molar-refractivity contribution in [3.63, 3.8) is 0 Å². The number of nitrogens with zero attached hydrogens (tertiary/aromatic N) is 1. The quantitative estimate of drug-likeness (QED) is 0.830. The predicted molar refractivity (Wildman–Crippen MR) is 82.1 cm³/mol. The number of carbonyl (C=O) groups is 1. The van der Waals surface area contributed by atoms with Crippen LogP contribution in [0, 0.1) is 0 Å². The van der Waals surface area contributed by atoms with Gasteiger partial charge in [-0.15, -0.1) is 0 Å². The van der Waals surface area contributed by atoms with Crippen molar-refractivity contribution < 1.29 is 4.79 Å². The van der Waals surface area contributed by atoms with Gasteiger partial charge in [0.2, 0.25) is 0 Å². The lowest BCUT2D eigenvalue weighted by molar-refractivity contribution is 0.0780. The second-order valence-electron chi connectivity index (χ2n) is 3.82. The van der Waals surface area contributed by atoms with Crippen LogP contribution in [0.1, 0.15) is 23.7 Å². The Morgan fingerprint density at radius 1 is 1.56 bits per heavy atom. The second kappa shape index (κ2) is 7.07. The van der Waals surface area contributed by atoms with Gasteiger partial charge in [0.15, 0.2) is 0 Å². The number of halogens is 2. The third kappa shape index (κ3) is 4.23. The highest BCUT2D eigenvalue weighted by molar-refractivity contribution is 9.10. The third-order valence-electron chi connectivity index (χ3n) is 2.29. The number of rotatable bonds is 5. The molecule has 0 aliphatic carbocycles. The van der Waals surface area contributed by atoms with E-state index in [0.717, 1.165) is 10.9 Å². The number of hydrogen-bond donors (Lipinski definition) is 1. The van der Waals surface area contributed by atoms with Crippen LogP contribution in [-0.4, -0.2) is 28.9 Å². The second-order valence-corrected chi connectivity index (χ2v) is 5.66. The minimum absolute atomic E-state index is 0.157. The smallest absolute Gasteiger partial charge is 0.255 e. The van der Waals surface area contributed by atoms with Crippen LogP contribution < -0.4 is 5.73 Å². The fourth-order valence-electron chi connectivity index (χ4n) is 1.54. The fraction of sp³-hybridized carbons (Fsp3) is 0.333. The van der Waals surface area contributed by atoms with E-state index in [2.05, 4.69) is 15.9 Å². The van der Waals surface area contributed by atoms with E-state index in [1.807, 2.05) is 6.92 Å². The van der Waals surface area contributed by atoms with Crippen LogP contribution in [0.5, 0.6) is 0 Å². The largest absolute Gasteiger partial charge is 0.392 e. The van der Waals surface area contributed by atoms with Gasteiger partial charge in [0.05, 0.1) is 22.1 Å². The Balaban J connectivity index is 3.01. The van der Waals surface area contributed by atoms with Gasteiger partial charge in [-0.1, -0.05) is 46.7 Å². The highest BCUT2D eigenvalue weighted by Gasteiger charge is 2.18. The average Bonchev–Trinajstić information content (AvgIpc) is 2.30. The number of amides is 1. The molecule has 0 fully saturated rings. The number of hydrogen-bond acceptors (Lipinski definition) is 2. The summed E-state index contributed by atoms with van der Waals surface area (Å²) in [5.74, 6) is -0.157. The fourth-order valence-corrected chi connectivity index (χ4v) is 2.26. The molecule has 0 heterocycles. The molecule has 1 aromatic carbocycles. The van der Waals surface area contributed by atoms with Crippen molar-refractivity contribution in [3.8, 4) is 0 Å². The van der Waals surface area contributed by atoms with E-state index in [9.17, 15) is 4.79 Å². The van der Waals surface area contributed by atoms with Gasteiger partial charge in [-0.05, 0) is 24.6 Å². The molecule has 0 spiro atoms. The highest BCUT2D eigenvalue weighted by atomic mass is 79.9. The van der Waals surface area contributed by atoms with E-state index in [-0.39, 0.29) is 12.5 Å². The molecule has 0 saturated carbocycles. The van der Waals surface area contributed by atoms with Crippen LogP contribution in [0.2, 0.25) is 5.02 Å². The molecule has 98 valence electrons. The lowest BCUT2D eigenvalue weighted by atomic mass is 10.2. The molecule has 0 radical (unpaired) electrons. The summed E-state index contributed by atoms with van der Waals surface area (Å²) in [5, 5.41) is 0.423. The summed E-state index contributed by atoms with van der Waals surface area (Å²) in [4.78, 5) is 14.3. The predicted octanol–water partition coefficient (Wildman–Crippen LogP) is 3.24. The van der Waals surface area contributed by atoms with Gasteiger partial charge in [0.25, 0.3) is 5.91 Å². The number of benzene rings is 1. The molecule has 1 amide bonds. The van der Waals surface area contributed by atoms with Crippen LogP contribution in [0.15, 0.2) is 22.7 Å². The van der Waals surface area contributed by atoms with Crippen molar-refractivity contribution >= 4 is 50.6 Å². The third-order valence-corrected chi connectivity index (χ3v) is 3.24. The van der Waals surface area contributed by atoms with E-state index >= 15 is 0 Å². The van der Waals surface area contributed by atoms with Crippen LogP contribution in [0.25, 0.3) is 0 Å². The summed E-state index contributed by atoms with van der Waals surface area (Å²) >= 11 is 14.2. The summed E-state index contributed by atoms with van der Waals surface area (Å²) in [5.41, 5.74) is 5.96. The summed E-state index contributed by atoms with van der Waals surface area (Å²) < 4.78 is 0.807. The zero-order valence-electron chi connectivity index (χ0n) is 9.95. The molecule has 0 aromatic heterocycles. The molecule has 0 atom stereocenters. The first-order valence-electron chi connectivity index (χ1n) is 5.48. The van der Waals surface area contributed by atoms with Crippen LogP contribution in [0.3, 0.4) is 0 Å². The average molecular weight is 350 g/mol. The molecule has 1 aromatic rings. The summed E-state index contributed by atoms with van der Waals surface area (Å²) in [6.45, 7) is 2.85. The minimum atomic E-state index is -0.157. The van der Waals surface area contributed by atoms with E-state index in [4.69, 9.17) is 29.6 Å². The van der Waals surface area contributed by atoms with Crippen LogP contribution >= 0.6 is 39.7 Å². The Kier molecular flexibility index (Phi) is 6.05. The van der Waals surface area contributed by atoms with Crippen molar-refractivity contribution in [1.29, 1.82) is 0 Å². The maximum absolute atomic E-state index is 12.3. The molecule has 6 heteroatoms. The first kappa shape index (κ1) is 15.4. The van der Waals surface area contributed by atoms with E-state index in [1.54, 1.807) is 23.1 Å². The monoisotopic (exact) mass is 348 g/mol. The summed E-state index contributed by atoms with van der Waals surface area (Å²) in [6, 6.07) is 5.17. The summed E-state index contributed by atoms with van der Waals surface area (Å²) in [7, 11) is 0. The van der Waals surface area contributed by atoms with Crippen molar-refractivity contribution in [2.75, 3.05) is 13.1 Å². The highest BCUT2D eigenvalue weighted by Crippen LogP contribution is 2.22. The molecule has 0 saturated heterocycles. The van der Waals surface area contributed by atoms with E-state index in [0.29, 0.717) is 22.1 Å². The minimum Gasteiger partial charge on any atom is -0.392 e. The molecule has 1 rings (SSSR count). The SMILES string of the molecule is CCCN(CC(N)=S)C(=O)c1cc(Br)ccc1Cl. The Bertz CT molecular complexity index is 467. The van der Waals surface area contributed by atoms with Gasteiger partial charge in [0, 0.05) is 11.0 Å². The van der Waals surface area contributed by atoms with Gasteiger partial charge in [-0.25, -0.2) is 0 Å². The molecule has 0 aliphatic heterocycles. The molecule has 18 heavy (non-hydrogen) atoms. The van der Waals surface area contributed by atoms with Crippen LogP contribution in [-0.2, 0) is 0 Å². The van der Waals surface area contributed by atoms with Crippen molar-refractivity contribution in [2.45, 2.75) is 13.3 Å². The zero-order valence-corrected chi connectivity index (χ0v) is 13.1. The molecule has 0 bridgehead atoms. The van der Waals surface area contributed by atoms with Gasteiger partial charge < -0.3 is 10.6 Å². The topological polar surface area (TPSA) is 46.3 Å². The van der Waals surface area contributed by atoms with Gasteiger partial charge >= 0.3 is 0 Å². The molecule has 0 unspecified atom stereocenters. The number of carbonyl (C=O) groups excluding carboxylic acids is 1. The number of nitrogens with two attached hydrogens (primary N) is 1. The zero-order chi connectivity index (χ0) is 13.7. The number of thiocarbonyl (C=S) groups is 1. The van der Waals surface area contributed by atoms with E-state index in [1.165, 1.54) is 0 Å². The van der Waals surface area contributed by atoms with Crippen LogP contribution in [0.4, 0.5) is 0 Å². The first-order chi connectivity index (χ1) is 8.45. The lowest BCUT2D eigenvalue weighted by Crippen LogP contribution is -2.38. The van der Waals surface area contributed by atoms with E-state index < -0.39 is 0 Å². The molecule has 2 N–H and O–H groups in total. The standard InChI is InChI=1S/C12H14BrClN2OS/c1-2-5-16(7-11(15)18)12(17)9-6-8(13)3-4-10(9)14/h3-4,6H,2,5,7H2,1H3,(H2,15,18). The normalized spacial score (nSPS) is 10.2. The molecular weight excluding hydrogens is 336 g/mol. The van der Waals surface area contributed by atoms with Crippen molar-refractivity contribution in [1.82, 2.24) is 4.90 Å². The Morgan fingerprint density at radius 3 is 2.78 bits per heavy atom. The molecule has 0 aliphatic rings. The maximum Gasteiger partial charge on any atom is 0.255 e. The Hall–Kier alpha value is -0.650. The lowest BCUT2D eigenvalue weighted by Gasteiger charge is -2.22.